The Hall–Kier alpha value is -1.33. The molecule has 2 heterocycles. The van der Waals surface area contributed by atoms with Crippen LogP contribution in [0.2, 0.25) is 5.02 Å². The van der Waals surface area contributed by atoms with Crippen LogP contribution in [0.4, 0.5) is 5.82 Å². The molecule has 2 rings (SSSR count). The van der Waals surface area contributed by atoms with Crippen molar-refractivity contribution in [2.75, 3.05) is 38.5 Å². The van der Waals surface area contributed by atoms with Gasteiger partial charge in [-0.15, -0.1) is 0 Å². The van der Waals surface area contributed by atoms with Crippen molar-refractivity contribution >= 4 is 23.3 Å². The predicted molar refractivity (Wildman–Crippen MR) is 86.0 cm³/mol. The molecule has 1 aliphatic heterocycles. The fourth-order valence-corrected chi connectivity index (χ4v) is 2.62. The van der Waals surface area contributed by atoms with Crippen LogP contribution in [0, 0.1) is 0 Å². The molecule has 0 spiro atoms. The van der Waals surface area contributed by atoms with E-state index in [-0.39, 0.29) is 11.4 Å². The molecule has 5 nitrogen and oxygen atoms in total. The SMILES string of the molecule is CCNc1ccc(Cl)c(C(=O)N2CCN(C)C(C)(C)C2)n1. The summed E-state index contributed by atoms with van der Waals surface area (Å²) in [6.07, 6.45) is 0. The predicted octanol–water partition coefficient (Wildman–Crippen LogP) is 2.33. The zero-order chi connectivity index (χ0) is 15.6. The van der Waals surface area contributed by atoms with Gasteiger partial charge in [0.05, 0.1) is 5.02 Å². The second kappa shape index (κ2) is 6.20. The summed E-state index contributed by atoms with van der Waals surface area (Å²) in [7, 11) is 2.08. The molecule has 0 saturated carbocycles. The number of carbonyl (C=O) groups is 1. The average molecular weight is 311 g/mol. The normalized spacial score (nSPS) is 18.6. The van der Waals surface area contributed by atoms with Gasteiger partial charge in [-0.3, -0.25) is 9.69 Å². The molecule has 6 heteroatoms. The highest BCUT2D eigenvalue weighted by Gasteiger charge is 2.34. The molecule has 1 amide bonds. The molecular weight excluding hydrogens is 288 g/mol. The van der Waals surface area contributed by atoms with Gasteiger partial charge < -0.3 is 10.2 Å². The van der Waals surface area contributed by atoms with Crippen LogP contribution in [0.5, 0.6) is 0 Å². The molecule has 0 bridgehead atoms. The fraction of sp³-hybridized carbons (Fsp3) is 0.600. The van der Waals surface area contributed by atoms with Gasteiger partial charge >= 0.3 is 0 Å². The first kappa shape index (κ1) is 16.0. The largest absolute Gasteiger partial charge is 0.370 e. The van der Waals surface area contributed by atoms with Crippen molar-refractivity contribution in [1.29, 1.82) is 0 Å². The number of likely N-dealkylation sites (N-methyl/N-ethyl adjacent to an activating group) is 1. The minimum atomic E-state index is -0.0964. The van der Waals surface area contributed by atoms with Gasteiger partial charge in [0, 0.05) is 31.7 Å². The van der Waals surface area contributed by atoms with Crippen LogP contribution in [0.1, 0.15) is 31.3 Å². The van der Waals surface area contributed by atoms with Crippen molar-refractivity contribution in [1.82, 2.24) is 14.8 Å². The third-order valence-electron chi connectivity index (χ3n) is 4.01. The van der Waals surface area contributed by atoms with E-state index < -0.39 is 0 Å². The van der Waals surface area contributed by atoms with Gasteiger partial charge in [0.15, 0.2) is 0 Å². The van der Waals surface area contributed by atoms with E-state index in [1.54, 1.807) is 12.1 Å². The molecule has 1 aliphatic rings. The molecule has 1 N–H and O–H groups in total. The molecule has 1 saturated heterocycles. The number of nitrogens with one attached hydrogen (secondary N) is 1. The van der Waals surface area contributed by atoms with Crippen LogP contribution < -0.4 is 5.32 Å². The van der Waals surface area contributed by atoms with E-state index >= 15 is 0 Å². The second-order valence-corrected chi connectivity index (χ2v) is 6.43. The summed E-state index contributed by atoms with van der Waals surface area (Å²) < 4.78 is 0. The summed E-state index contributed by atoms with van der Waals surface area (Å²) in [6.45, 7) is 9.23. The van der Waals surface area contributed by atoms with Crippen molar-refractivity contribution in [2.24, 2.45) is 0 Å². The number of nitrogens with zero attached hydrogens (tertiary/aromatic N) is 3. The molecule has 21 heavy (non-hydrogen) atoms. The van der Waals surface area contributed by atoms with Crippen LogP contribution in [0.15, 0.2) is 12.1 Å². The smallest absolute Gasteiger partial charge is 0.274 e. The summed E-state index contributed by atoms with van der Waals surface area (Å²) in [4.78, 5) is 21.2. The Labute approximate surface area is 131 Å². The molecule has 0 unspecified atom stereocenters. The fourth-order valence-electron chi connectivity index (χ4n) is 2.44. The topological polar surface area (TPSA) is 48.5 Å². The number of halogens is 1. The highest BCUT2D eigenvalue weighted by atomic mass is 35.5. The van der Waals surface area contributed by atoms with Crippen molar-refractivity contribution in [2.45, 2.75) is 26.3 Å². The number of rotatable bonds is 3. The second-order valence-electron chi connectivity index (χ2n) is 6.02. The van der Waals surface area contributed by atoms with E-state index in [0.29, 0.717) is 29.6 Å². The van der Waals surface area contributed by atoms with Crippen LogP contribution in [0.25, 0.3) is 0 Å². The molecule has 1 aromatic heterocycles. The highest BCUT2D eigenvalue weighted by Crippen LogP contribution is 2.23. The first-order valence-corrected chi connectivity index (χ1v) is 7.64. The lowest BCUT2D eigenvalue weighted by molar-refractivity contribution is 0.0307. The lowest BCUT2D eigenvalue weighted by atomic mass is 9.99. The molecule has 116 valence electrons. The van der Waals surface area contributed by atoms with Crippen LogP contribution >= 0.6 is 11.6 Å². The molecule has 1 fully saturated rings. The first-order chi connectivity index (χ1) is 9.85. The maximum Gasteiger partial charge on any atom is 0.274 e. The number of piperazine rings is 1. The third kappa shape index (κ3) is 3.47. The lowest BCUT2D eigenvalue weighted by Gasteiger charge is -2.45. The Morgan fingerprint density at radius 3 is 2.76 bits per heavy atom. The summed E-state index contributed by atoms with van der Waals surface area (Å²) in [6, 6.07) is 3.51. The average Bonchev–Trinajstić information content (AvgIpc) is 2.43. The van der Waals surface area contributed by atoms with E-state index in [0.717, 1.165) is 13.1 Å². The number of carbonyl (C=O) groups excluding carboxylic acids is 1. The monoisotopic (exact) mass is 310 g/mol. The van der Waals surface area contributed by atoms with Gasteiger partial charge in [-0.05, 0) is 40.0 Å². The van der Waals surface area contributed by atoms with Crippen molar-refractivity contribution < 1.29 is 4.79 Å². The minimum Gasteiger partial charge on any atom is -0.370 e. The summed E-state index contributed by atoms with van der Waals surface area (Å²) in [5.41, 5.74) is 0.287. The molecule has 1 aromatic rings. The third-order valence-corrected chi connectivity index (χ3v) is 4.32. The maximum absolute atomic E-state index is 12.7. The van der Waals surface area contributed by atoms with Gasteiger partial charge in [-0.2, -0.15) is 0 Å². The molecule has 0 atom stereocenters. The van der Waals surface area contributed by atoms with E-state index in [1.165, 1.54) is 0 Å². The first-order valence-electron chi connectivity index (χ1n) is 7.26. The number of anilines is 1. The van der Waals surface area contributed by atoms with E-state index in [1.807, 2.05) is 11.8 Å². The minimum absolute atomic E-state index is 0.0420. The van der Waals surface area contributed by atoms with Crippen molar-refractivity contribution in [3.8, 4) is 0 Å². The number of hydrogen-bond donors (Lipinski definition) is 1. The van der Waals surface area contributed by atoms with Crippen LogP contribution in [-0.2, 0) is 0 Å². The number of amides is 1. The van der Waals surface area contributed by atoms with Crippen molar-refractivity contribution in [3.05, 3.63) is 22.8 Å². The van der Waals surface area contributed by atoms with Gasteiger partial charge in [0.2, 0.25) is 0 Å². The Kier molecular flexibility index (Phi) is 4.74. The maximum atomic E-state index is 12.7. The van der Waals surface area contributed by atoms with Crippen LogP contribution in [0.3, 0.4) is 0 Å². The molecule has 0 aliphatic carbocycles. The Morgan fingerprint density at radius 1 is 1.43 bits per heavy atom. The number of hydrogen-bond acceptors (Lipinski definition) is 4. The quantitative estimate of drug-likeness (QED) is 0.931. The molecule has 0 aromatic carbocycles. The van der Waals surface area contributed by atoms with Gasteiger partial charge in [0.1, 0.15) is 11.5 Å². The number of aromatic nitrogens is 1. The van der Waals surface area contributed by atoms with Gasteiger partial charge in [-0.1, -0.05) is 11.6 Å². The van der Waals surface area contributed by atoms with Gasteiger partial charge in [-0.25, -0.2) is 4.98 Å². The van der Waals surface area contributed by atoms with E-state index in [9.17, 15) is 4.79 Å². The summed E-state index contributed by atoms with van der Waals surface area (Å²) >= 11 is 6.16. The van der Waals surface area contributed by atoms with Gasteiger partial charge in [0.25, 0.3) is 5.91 Å². The van der Waals surface area contributed by atoms with Crippen LogP contribution in [-0.4, -0.2) is 59.5 Å². The zero-order valence-electron chi connectivity index (χ0n) is 13.1. The van der Waals surface area contributed by atoms with Crippen molar-refractivity contribution in [3.63, 3.8) is 0 Å². The number of pyridine rings is 1. The Balaban J connectivity index is 2.22. The standard InChI is InChI=1S/C15H23ClN4O/c1-5-17-12-7-6-11(16)13(18-12)14(21)20-9-8-19(4)15(2,3)10-20/h6-7H,5,8-10H2,1-4H3,(H,17,18). The Morgan fingerprint density at radius 2 is 2.14 bits per heavy atom. The summed E-state index contributed by atoms with van der Waals surface area (Å²) in [5, 5.41) is 3.51. The Bertz CT molecular complexity index is 532. The van der Waals surface area contributed by atoms with E-state index in [4.69, 9.17) is 11.6 Å². The highest BCUT2D eigenvalue weighted by molar-refractivity contribution is 6.33. The summed E-state index contributed by atoms with van der Waals surface area (Å²) in [5.74, 6) is 0.583. The van der Waals surface area contributed by atoms with E-state index in [2.05, 4.69) is 36.1 Å². The molecule has 0 radical (unpaired) electrons. The molecular formula is C15H23ClN4O. The zero-order valence-corrected chi connectivity index (χ0v) is 13.9. The lowest BCUT2D eigenvalue weighted by Crippen LogP contribution is -2.59.